The van der Waals surface area contributed by atoms with Crippen molar-refractivity contribution in [3.63, 3.8) is 0 Å². The van der Waals surface area contributed by atoms with E-state index in [1.165, 1.54) is 14.2 Å². The molecule has 7 heteroatoms. The second kappa shape index (κ2) is 6.47. The van der Waals surface area contributed by atoms with Crippen LogP contribution in [0, 0.1) is 0 Å². The number of halogens is 3. The van der Waals surface area contributed by atoms with E-state index in [9.17, 15) is 13.2 Å². The summed E-state index contributed by atoms with van der Waals surface area (Å²) in [7, 11) is 0.867. The lowest BCUT2D eigenvalue weighted by Gasteiger charge is -2.22. The molecule has 0 aromatic carbocycles. The van der Waals surface area contributed by atoms with Crippen molar-refractivity contribution < 1.29 is 26.8 Å². The highest BCUT2D eigenvalue weighted by Crippen LogP contribution is 2.19. The van der Waals surface area contributed by atoms with Crippen LogP contribution in [0.25, 0.3) is 0 Å². The fourth-order valence-corrected chi connectivity index (χ4v) is 1.93. The largest absolute Gasteiger partial charge is 0.398 e. The van der Waals surface area contributed by atoms with Crippen molar-refractivity contribution in [2.45, 2.75) is 25.2 Å². The van der Waals surface area contributed by atoms with E-state index in [4.69, 9.17) is 13.6 Å². The molecule has 0 fully saturated rings. The smallest absolute Gasteiger partial charge is 0.391 e. The van der Waals surface area contributed by atoms with E-state index >= 15 is 0 Å². The van der Waals surface area contributed by atoms with E-state index in [0.29, 0.717) is 6.04 Å². The molecule has 0 spiro atoms. The van der Waals surface area contributed by atoms with Crippen molar-refractivity contribution in [3.05, 3.63) is 0 Å². The van der Waals surface area contributed by atoms with E-state index in [2.05, 4.69) is 0 Å². The first-order chi connectivity index (χ1) is 6.83. The topological polar surface area (TPSA) is 27.7 Å². The third-order valence-corrected chi connectivity index (χ3v) is 4.93. The lowest BCUT2D eigenvalue weighted by Crippen LogP contribution is -2.37. The van der Waals surface area contributed by atoms with Gasteiger partial charge in [0.2, 0.25) is 0 Å². The third-order valence-electron chi connectivity index (χ3n) is 2.09. The van der Waals surface area contributed by atoms with Crippen molar-refractivity contribution in [1.82, 2.24) is 0 Å². The van der Waals surface area contributed by atoms with Crippen molar-refractivity contribution in [2.24, 2.45) is 0 Å². The molecular weight excluding hydrogens is 229 g/mol. The molecule has 0 aromatic rings. The van der Waals surface area contributed by atoms with E-state index < -0.39 is 21.2 Å². The first-order valence-electron chi connectivity index (χ1n) is 4.58. The van der Waals surface area contributed by atoms with Gasteiger partial charge >= 0.3 is 14.7 Å². The fourth-order valence-electron chi connectivity index (χ4n) is 0.835. The second-order valence-corrected chi connectivity index (χ2v) is 6.85. The second-order valence-electron chi connectivity index (χ2n) is 3.27. The van der Waals surface area contributed by atoms with E-state index in [0.717, 1.165) is 0 Å². The molecule has 0 aliphatic rings. The Morgan fingerprint density at radius 3 is 2.00 bits per heavy atom. The average molecular weight is 246 g/mol. The van der Waals surface area contributed by atoms with Crippen LogP contribution >= 0.6 is 0 Å². The van der Waals surface area contributed by atoms with Crippen LogP contribution in [0.3, 0.4) is 0 Å². The molecule has 3 nitrogen and oxygen atoms in total. The summed E-state index contributed by atoms with van der Waals surface area (Å²) in [5.74, 6) is 0. The van der Waals surface area contributed by atoms with Crippen LogP contribution in [0.5, 0.6) is 0 Å². The minimum absolute atomic E-state index is 0.237. The molecule has 0 saturated heterocycles. The molecule has 0 rings (SSSR count). The van der Waals surface area contributed by atoms with E-state index in [1.807, 2.05) is 6.55 Å². The molecule has 0 N–H and O–H groups in total. The molecule has 0 atom stereocenters. The minimum Gasteiger partial charge on any atom is -0.398 e. The summed E-state index contributed by atoms with van der Waals surface area (Å²) < 4.78 is 50.3. The Hall–Kier alpha value is -0.113. The summed E-state index contributed by atoms with van der Waals surface area (Å²) in [6, 6.07) is 0.526. The predicted octanol–water partition coefficient (Wildman–Crippen LogP) is 2.32. The highest BCUT2D eigenvalue weighted by atomic mass is 28.4. The summed E-state index contributed by atoms with van der Waals surface area (Å²) in [5.41, 5.74) is 0. The van der Waals surface area contributed by atoms with Gasteiger partial charge in [0.1, 0.15) is 0 Å². The van der Waals surface area contributed by atoms with Gasteiger partial charge in [-0.1, -0.05) is 0 Å². The number of hydrogen-bond acceptors (Lipinski definition) is 3. The van der Waals surface area contributed by atoms with Gasteiger partial charge in [0, 0.05) is 26.9 Å². The van der Waals surface area contributed by atoms with Crippen molar-refractivity contribution in [3.8, 4) is 0 Å². The summed E-state index contributed by atoms with van der Waals surface area (Å²) in [5, 5.41) is 0. The van der Waals surface area contributed by atoms with Gasteiger partial charge in [-0.2, -0.15) is 13.2 Å². The Kier molecular flexibility index (Phi) is 6.42. The molecule has 0 amide bonds. The van der Waals surface area contributed by atoms with Crippen LogP contribution in [0.4, 0.5) is 13.2 Å². The van der Waals surface area contributed by atoms with Crippen LogP contribution in [-0.2, 0) is 13.6 Å². The first-order valence-corrected chi connectivity index (χ1v) is 7.10. The molecule has 0 aliphatic heterocycles. The zero-order valence-corrected chi connectivity index (χ0v) is 10.2. The molecule has 0 heterocycles. The van der Waals surface area contributed by atoms with Gasteiger partial charge in [0.15, 0.2) is 0 Å². The van der Waals surface area contributed by atoms with Crippen LogP contribution < -0.4 is 0 Å². The van der Waals surface area contributed by atoms with Crippen molar-refractivity contribution >= 4 is 8.56 Å². The third kappa shape index (κ3) is 7.77. The maximum absolute atomic E-state index is 11.7. The number of rotatable bonds is 7. The van der Waals surface area contributed by atoms with Gasteiger partial charge < -0.3 is 13.6 Å². The Bertz CT molecular complexity index is 171. The normalized spacial score (nSPS) is 13.2. The van der Waals surface area contributed by atoms with Gasteiger partial charge in [0.05, 0.1) is 13.0 Å². The van der Waals surface area contributed by atoms with Crippen LogP contribution in [-0.4, -0.2) is 42.2 Å². The highest BCUT2D eigenvalue weighted by Gasteiger charge is 2.29. The number of hydrogen-bond donors (Lipinski definition) is 0. The van der Waals surface area contributed by atoms with Crippen molar-refractivity contribution in [2.75, 3.05) is 27.4 Å². The molecule has 15 heavy (non-hydrogen) atoms. The molecular formula is C8H17F3O3Si. The minimum atomic E-state index is -4.15. The Morgan fingerprint density at radius 2 is 1.60 bits per heavy atom. The maximum Gasteiger partial charge on any atom is 0.391 e. The summed E-state index contributed by atoms with van der Waals surface area (Å²) in [6.45, 7) is 1.77. The van der Waals surface area contributed by atoms with E-state index in [-0.39, 0.29) is 13.2 Å². The quantitative estimate of drug-likeness (QED) is 0.509. The zero-order valence-electron chi connectivity index (χ0n) is 9.19. The Balaban J connectivity index is 3.54. The van der Waals surface area contributed by atoms with Crippen LogP contribution in [0.2, 0.25) is 12.6 Å². The summed E-state index contributed by atoms with van der Waals surface area (Å²) in [4.78, 5) is 0. The molecule has 92 valence electrons. The fraction of sp³-hybridized carbons (Fsp3) is 1.00. The summed E-state index contributed by atoms with van der Waals surface area (Å²) >= 11 is 0. The zero-order chi connectivity index (χ0) is 11.9. The molecule has 0 aromatic heterocycles. The van der Waals surface area contributed by atoms with Crippen LogP contribution in [0.15, 0.2) is 0 Å². The van der Waals surface area contributed by atoms with Crippen molar-refractivity contribution in [1.29, 1.82) is 0 Å². The van der Waals surface area contributed by atoms with Gasteiger partial charge in [-0.3, -0.25) is 0 Å². The first kappa shape index (κ1) is 14.9. The number of alkyl halides is 3. The van der Waals surface area contributed by atoms with Gasteiger partial charge in [0.25, 0.3) is 0 Å². The van der Waals surface area contributed by atoms with Crippen LogP contribution in [0.1, 0.15) is 6.42 Å². The molecule has 0 unspecified atom stereocenters. The average Bonchev–Trinajstić information content (AvgIpc) is 2.15. The van der Waals surface area contributed by atoms with E-state index in [1.54, 1.807) is 0 Å². The van der Waals surface area contributed by atoms with Gasteiger partial charge in [-0.25, -0.2) is 0 Å². The molecule has 0 aliphatic carbocycles. The SMILES string of the molecule is CO[Si](C)(CCOCCC(F)(F)F)OC. The monoisotopic (exact) mass is 246 g/mol. The van der Waals surface area contributed by atoms with Gasteiger partial charge in [-0.05, 0) is 6.55 Å². The highest BCUT2D eigenvalue weighted by molar-refractivity contribution is 6.65. The predicted molar refractivity (Wildman–Crippen MR) is 51.9 cm³/mol. The lowest BCUT2D eigenvalue weighted by molar-refractivity contribution is -0.144. The number of ether oxygens (including phenoxy) is 1. The Labute approximate surface area is 88.8 Å². The molecule has 0 bridgehead atoms. The Morgan fingerprint density at radius 1 is 1.07 bits per heavy atom. The standard InChI is InChI=1S/C8H17F3O3Si/c1-12-15(3,13-2)7-6-14-5-4-8(9,10)11/h4-7H2,1-3H3. The van der Waals surface area contributed by atoms with Gasteiger partial charge in [-0.15, -0.1) is 0 Å². The lowest BCUT2D eigenvalue weighted by atomic mass is 10.4. The summed E-state index contributed by atoms with van der Waals surface area (Å²) in [6.07, 6.45) is -5.06. The maximum atomic E-state index is 11.7. The molecule has 0 radical (unpaired) electrons. The molecule has 0 saturated carbocycles.